The summed E-state index contributed by atoms with van der Waals surface area (Å²) in [7, 11) is 0. The molecular formula is C24H25NO4. The molecule has 0 radical (unpaired) electrons. The minimum Gasteiger partial charge on any atom is -0.481 e. The Kier molecular flexibility index (Phi) is 4.53. The largest absolute Gasteiger partial charge is 0.481 e. The van der Waals surface area contributed by atoms with Gasteiger partial charge in [-0.3, -0.25) is 4.79 Å². The van der Waals surface area contributed by atoms with Gasteiger partial charge in [0.25, 0.3) is 0 Å². The van der Waals surface area contributed by atoms with Crippen LogP contribution in [0.5, 0.6) is 0 Å². The number of rotatable bonds is 6. The maximum absolute atomic E-state index is 12.5. The van der Waals surface area contributed by atoms with E-state index in [2.05, 4.69) is 29.6 Å². The van der Waals surface area contributed by atoms with Crippen LogP contribution in [0.15, 0.2) is 48.5 Å². The van der Waals surface area contributed by atoms with Gasteiger partial charge < -0.3 is 15.2 Å². The number of carboxylic acid groups (broad SMARTS) is 1. The van der Waals surface area contributed by atoms with Gasteiger partial charge in [-0.2, -0.15) is 0 Å². The molecule has 2 saturated carbocycles. The Morgan fingerprint density at radius 3 is 2.14 bits per heavy atom. The SMILES string of the molecule is O=C(O)CC(NC(=O)OCC1c2ccccc2-c2ccccc21)C1CC2CC2C1. The summed E-state index contributed by atoms with van der Waals surface area (Å²) >= 11 is 0. The Labute approximate surface area is 170 Å². The van der Waals surface area contributed by atoms with Crippen LogP contribution in [-0.4, -0.2) is 29.8 Å². The number of alkyl carbamates (subject to hydrolysis) is 1. The molecule has 5 nitrogen and oxygen atoms in total. The zero-order valence-electron chi connectivity index (χ0n) is 16.2. The molecule has 3 atom stereocenters. The van der Waals surface area contributed by atoms with Gasteiger partial charge in [-0.25, -0.2) is 4.79 Å². The first kappa shape index (κ1) is 18.2. The molecule has 29 heavy (non-hydrogen) atoms. The topological polar surface area (TPSA) is 75.6 Å². The molecule has 2 N–H and O–H groups in total. The highest BCUT2D eigenvalue weighted by molar-refractivity contribution is 5.79. The van der Waals surface area contributed by atoms with E-state index in [0.29, 0.717) is 0 Å². The molecule has 150 valence electrons. The molecular weight excluding hydrogens is 366 g/mol. The molecule has 5 heteroatoms. The highest BCUT2D eigenvalue weighted by atomic mass is 16.5. The van der Waals surface area contributed by atoms with Gasteiger partial charge >= 0.3 is 12.1 Å². The number of hydrogen-bond acceptors (Lipinski definition) is 3. The number of amides is 1. The summed E-state index contributed by atoms with van der Waals surface area (Å²) in [5, 5.41) is 12.1. The monoisotopic (exact) mass is 391 g/mol. The summed E-state index contributed by atoms with van der Waals surface area (Å²) in [6.45, 7) is 0.246. The molecule has 0 heterocycles. The quantitative estimate of drug-likeness (QED) is 0.765. The van der Waals surface area contributed by atoms with Crippen molar-refractivity contribution in [3.05, 3.63) is 59.7 Å². The van der Waals surface area contributed by atoms with Crippen molar-refractivity contribution >= 4 is 12.1 Å². The van der Waals surface area contributed by atoms with Crippen molar-refractivity contribution in [2.45, 2.75) is 37.6 Å². The van der Waals surface area contributed by atoms with Crippen LogP contribution in [0.1, 0.15) is 42.7 Å². The van der Waals surface area contributed by atoms with Crippen molar-refractivity contribution in [2.24, 2.45) is 17.8 Å². The fourth-order valence-electron chi connectivity index (χ4n) is 5.41. The van der Waals surface area contributed by atoms with Gasteiger partial charge in [-0.15, -0.1) is 0 Å². The van der Waals surface area contributed by atoms with Crippen molar-refractivity contribution in [3.63, 3.8) is 0 Å². The number of nitrogens with one attached hydrogen (secondary N) is 1. The molecule has 3 unspecified atom stereocenters. The Morgan fingerprint density at radius 2 is 1.55 bits per heavy atom. The lowest BCUT2D eigenvalue weighted by Crippen LogP contribution is -2.42. The summed E-state index contributed by atoms with van der Waals surface area (Å²) in [4.78, 5) is 23.8. The van der Waals surface area contributed by atoms with Gasteiger partial charge in [0.1, 0.15) is 6.61 Å². The number of hydrogen-bond donors (Lipinski definition) is 2. The van der Waals surface area contributed by atoms with Crippen LogP contribution in [0.2, 0.25) is 0 Å². The number of ether oxygens (including phenoxy) is 1. The fourth-order valence-corrected chi connectivity index (χ4v) is 5.41. The summed E-state index contributed by atoms with van der Waals surface area (Å²) in [6, 6.07) is 16.1. The van der Waals surface area contributed by atoms with Gasteiger partial charge in [0.05, 0.1) is 6.42 Å². The predicted molar refractivity (Wildman–Crippen MR) is 109 cm³/mol. The molecule has 3 aliphatic carbocycles. The molecule has 1 amide bonds. The third kappa shape index (κ3) is 3.50. The normalized spacial score (nSPS) is 24.9. The van der Waals surface area contributed by atoms with Crippen LogP contribution in [0.25, 0.3) is 11.1 Å². The Morgan fingerprint density at radius 1 is 0.966 bits per heavy atom. The first-order valence-corrected chi connectivity index (χ1v) is 10.4. The Balaban J connectivity index is 1.26. The van der Waals surface area contributed by atoms with E-state index < -0.39 is 12.1 Å². The van der Waals surface area contributed by atoms with E-state index in [1.807, 2.05) is 24.3 Å². The minimum atomic E-state index is -0.880. The molecule has 0 saturated heterocycles. The third-order valence-electron chi connectivity index (χ3n) is 6.89. The minimum absolute atomic E-state index is 0.00481. The second-order valence-corrected chi connectivity index (χ2v) is 8.66. The van der Waals surface area contributed by atoms with Gasteiger partial charge in [0.2, 0.25) is 0 Å². The van der Waals surface area contributed by atoms with Crippen molar-refractivity contribution in [3.8, 4) is 11.1 Å². The average Bonchev–Trinajstić information content (AvgIpc) is 3.19. The first-order valence-electron chi connectivity index (χ1n) is 10.4. The van der Waals surface area contributed by atoms with Crippen molar-refractivity contribution in [1.82, 2.24) is 5.32 Å². The number of carboxylic acids is 1. The molecule has 0 bridgehead atoms. The summed E-state index contributed by atoms with van der Waals surface area (Å²) in [6.07, 6.45) is 2.74. The Bertz CT molecular complexity index is 900. The van der Waals surface area contributed by atoms with Crippen molar-refractivity contribution in [2.75, 3.05) is 6.61 Å². The van der Waals surface area contributed by atoms with E-state index in [9.17, 15) is 14.7 Å². The third-order valence-corrected chi connectivity index (χ3v) is 6.89. The first-order chi connectivity index (χ1) is 14.1. The Hall–Kier alpha value is -2.82. The molecule has 2 fully saturated rings. The lowest BCUT2D eigenvalue weighted by atomic mass is 9.92. The van der Waals surface area contributed by atoms with Gasteiger partial charge in [-0.1, -0.05) is 48.5 Å². The standard InChI is InChI=1S/C24H25NO4/c26-23(27)12-22(16-10-14-9-15(14)11-16)25-24(28)29-13-21-19-7-3-1-5-17(19)18-6-2-4-8-20(18)21/h1-8,14-16,21-22H,9-13H2,(H,25,28)(H,26,27). The second kappa shape index (κ2) is 7.21. The molecule has 0 spiro atoms. The lowest BCUT2D eigenvalue weighted by molar-refractivity contribution is -0.137. The van der Waals surface area contributed by atoms with Crippen LogP contribution in [0.3, 0.4) is 0 Å². The highest BCUT2D eigenvalue weighted by Crippen LogP contribution is 2.55. The number of fused-ring (bicyclic) bond motifs is 4. The number of carbonyl (C=O) groups is 2. The molecule has 2 aromatic carbocycles. The highest BCUT2D eigenvalue weighted by Gasteiger charge is 2.48. The van der Waals surface area contributed by atoms with E-state index in [1.165, 1.54) is 28.7 Å². The maximum atomic E-state index is 12.5. The summed E-state index contributed by atoms with van der Waals surface area (Å²) in [5.41, 5.74) is 4.70. The number of benzene rings is 2. The zero-order valence-corrected chi connectivity index (χ0v) is 16.2. The van der Waals surface area contributed by atoms with E-state index in [-0.39, 0.29) is 30.9 Å². The molecule has 3 aliphatic rings. The molecule has 0 aliphatic heterocycles. The molecule has 0 aromatic heterocycles. The van der Waals surface area contributed by atoms with Crippen molar-refractivity contribution in [1.29, 1.82) is 0 Å². The van der Waals surface area contributed by atoms with Crippen LogP contribution in [-0.2, 0) is 9.53 Å². The van der Waals surface area contributed by atoms with E-state index in [1.54, 1.807) is 0 Å². The van der Waals surface area contributed by atoms with E-state index in [4.69, 9.17) is 4.74 Å². The maximum Gasteiger partial charge on any atom is 0.407 e. The number of aliphatic carboxylic acids is 1. The van der Waals surface area contributed by atoms with Gasteiger partial charge in [0.15, 0.2) is 0 Å². The van der Waals surface area contributed by atoms with Crippen LogP contribution in [0.4, 0.5) is 4.79 Å². The lowest BCUT2D eigenvalue weighted by Gasteiger charge is -2.24. The molecule has 2 aromatic rings. The van der Waals surface area contributed by atoms with E-state index in [0.717, 1.165) is 24.7 Å². The smallest absolute Gasteiger partial charge is 0.407 e. The van der Waals surface area contributed by atoms with E-state index >= 15 is 0 Å². The zero-order chi connectivity index (χ0) is 20.0. The fraction of sp³-hybridized carbons (Fsp3) is 0.417. The van der Waals surface area contributed by atoms with Crippen LogP contribution in [0, 0.1) is 17.8 Å². The van der Waals surface area contributed by atoms with Gasteiger partial charge in [0, 0.05) is 12.0 Å². The van der Waals surface area contributed by atoms with Crippen LogP contribution < -0.4 is 5.32 Å². The van der Waals surface area contributed by atoms with Crippen LogP contribution >= 0.6 is 0 Å². The number of carbonyl (C=O) groups excluding carboxylic acids is 1. The summed E-state index contributed by atoms with van der Waals surface area (Å²) < 4.78 is 5.61. The van der Waals surface area contributed by atoms with Crippen molar-refractivity contribution < 1.29 is 19.4 Å². The average molecular weight is 391 g/mol. The van der Waals surface area contributed by atoms with Gasteiger partial charge in [-0.05, 0) is 59.3 Å². The second-order valence-electron chi connectivity index (χ2n) is 8.66. The summed E-state index contributed by atoms with van der Waals surface area (Å²) in [5.74, 6) is 0.844. The molecule has 5 rings (SSSR count). The predicted octanol–water partition coefficient (Wildman–Crippen LogP) is 4.41.